The zero-order valence-corrected chi connectivity index (χ0v) is 32.9. The first-order chi connectivity index (χ1) is 27.2. The fourth-order valence-electron chi connectivity index (χ4n) is 6.98. The highest BCUT2D eigenvalue weighted by atomic mass is 32.1. The molecule has 13 heteroatoms. The lowest BCUT2D eigenvalue weighted by molar-refractivity contribution is 0.383. The summed E-state index contributed by atoms with van der Waals surface area (Å²) in [7, 11) is 1.99. The van der Waals surface area contributed by atoms with Gasteiger partial charge in [-0.1, -0.05) is 45.9 Å². The SMILES string of the molecule is C=C(N)Oc1ncc(-c2cc(C(C)C)c(O)cc2O)n1-c1ccc2c(ccn2C)c1.CC(C)c1cc(-c2c[nH]c(=S)n2-c2ccnc3ccccc23)c(O)cc1O. The van der Waals surface area contributed by atoms with Crippen LogP contribution in [0.1, 0.15) is 50.7 Å². The molecule has 0 aliphatic carbocycles. The third-order valence-electron chi connectivity index (χ3n) is 9.81. The first-order valence-corrected chi connectivity index (χ1v) is 18.7. The van der Waals surface area contributed by atoms with Crippen LogP contribution in [0.15, 0.2) is 116 Å². The first kappa shape index (κ1) is 38.3. The summed E-state index contributed by atoms with van der Waals surface area (Å²) < 4.78 is 11.8. The quantitative estimate of drug-likeness (QED) is 0.0648. The fourth-order valence-corrected chi connectivity index (χ4v) is 7.23. The smallest absolute Gasteiger partial charge is 0.308 e. The zero-order chi connectivity index (χ0) is 40.7. The number of pyridine rings is 1. The maximum atomic E-state index is 10.6. The lowest BCUT2D eigenvalue weighted by Gasteiger charge is -2.16. The summed E-state index contributed by atoms with van der Waals surface area (Å²) in [5, 5.41) is 43.5. The van der Waals surface area contributed by atoms with E-state index >= 15 is 0 Å². The van der Waals surface area contributed by atoms with Crippen LogP contribution in [0.5, 0.6) is 29.0 Å². The van der Waals surface area contributed by atoms with Gasteiger partial charge in [0.1, 0.15) is 23.0 Å². The van der Waals surface area contributed by atoms with Gasteiger partial charge in [0.05, 0.1) is 34.5 Å². The normalized spacial score (nSPS) is 11.4. The number of aryl methyl sites for hydroxylation is 1. The molecule has 12 nitrogen and oxygen atoms in total. The fraction of sp³-hybridized carbons (Fsp3) is 0.159. The van der Waals surface area contributed by atoms with Crippen LogP contribution < -0.4 is 10.5 Å². The number of H-pyrrole nitrogens is 1. The topological polar surface area (TPSA) is 173 Å². The van der Waals surface area contributed by atoms with E-state index in [1.165, 1.54) is 12.1 Å². The van der Waals surface area contributed by atoms with E-state index in [1.54, 1.807) is 29.2 Å². The van der Waals surface area contributed by atoms with E-state index in [9.17, 15) is 20.4 Å². The number of rotatable bonds is 8. The van der Waals surface area contributed by atoms with Crippen molar-refractivity contribution in [2.45, 2.75) is 39.5 Å². The van der Waals surface area contributed by atoms with Gasteiger partial charge >= 0.3 is 6.01 Å². The number of phenols is 4. The number of aromatic hydroxyl groups is 4. The Morgan fingerprint density at radius 1 is 0.789 bits per heavy atom. The molecule has 290 valence electrons. The molecule has 8 aromatic rings. The maximum absolute atomic E-state index is 10.6. The molecular formula is C44H43N7O5S. The van der Waals surface area contributed by atoms with Gasteiger partial charge in [0.2, 0.25) is 0 Å². The van der Waals surface area contributed by atoms with Crippen molar-refractivity contribution in [3.63, 3.8) is 0 Å². The summed E-state index contributed by atoms with van der Waals surface area (Å²) in [5.41, 5.74) is 13.2. The van der Waals surface area contributed by atoms with Crippen LogP contribution in [-0.2, 0) is 7.05 Å². The van der Waals surface area contributed by atoms with Gasteiger partial charge in [0.25, 0.3) is 0 Å². The van der Waals surface area contributed by atoms with Gasteiger partial charge in [0, 0.05) is 65.2 Å². The Labute approximate surface area is 334 Å². The van der Waals surface area contributed by atoms with Gasteiger partial charge < -0.3 is 40.4 Å². The maximum Gasteiger partial charge on any atom is 0.308 e. The second kappa shape index (κ2) is 15.3. The van der Waals surface area contributed by atoms with Gasteiger partial charge in [-0.25, -0.2) is 4.98 Å². The van der Waals surface area contributed by atoms with Crippen LogP contribution >= 0.6 is 12.2 Å². The molecule has 0 saturated heterocycles. The van der Waals surface area contributed by atoms with Crippen LogP contribution in [0.3, 0.4) is 0 Å². The van der Waals surface area contributed by atoms with Crippen LogP contribution in [0.4, 0.5) is 0 Å². The zero-order valence-electron chi connectivity index (χ0n) is 32.1. The Kier molecular flexibility index (Phi) is 10.3. The Morgan fingerprint density at radius 3 is 2.09 bits per heavy atom. The Bertz CT molecular complexity index is 2860. The number of nitrogens with zero attached hydrogens (tertiary/aromatic N) is 5. The largest absolute Gasteiger partial charge is 0.508 e. The summed E-state index contributed by atoms with van der Waals surface area (Å²) in [6.07, 6.45) is 7.10. The number of fused-ring (bicyclic) bond motifs is 2. The molecule has 7 N–H and O–H groups in total. The molecule has 0 bridgehead atoms. The lowest BCUT2D eigenvalue weighted by Crippen LogP contribution is -2.08. The molecule has 4 aromatic heterocycles. The van der Waals surface area contributed by atoms with Gasteiger partial charge in [-0.2, -0.15) is 0 Å². The Morgan fingerprint density at radius 2 is 1.44 bits per heavy atom. The highest BCUT2D eigenvalue weighted by Crippen LogP contribution is 2.41. The molecule has 0 radical (unpaired) electrons. The number of para-hydroxylation sites is 1. The minimum Gasteiger partial charge on any atom is -0.508 e. The number of imidazole rings is 2. The van der Waals surface area contributed by atoms with Crippen LogP contribution in [0.2, 0.25) is 0 Å². The summed E-state index contributed by atoms with van der Waals surface area (Å²) >= 11 is 5.53. The van der Waals surface area contributed by atoms with Crippen molar-refractivity contribution in [3.8, 4) is 62.9 Å². The molecule has 8 rings (SSSR count). The van der Waals surface area contributed by atoms with E-state index in [1.807, 2.05) is 111 Å². The molecular weight excluding hydrogens is 739 g/mol. The van der Waals surface area contributed by atoms with Crippen molar-refractivity contribution in [1.82, 2.24) is 28.7 Å². The van der Waals surface area contributed by atoms with Crippen molar-refractivity contribution in [1.29, 1.82) is 0 Å². The number of nitrogens with two attached hydrogens (primary N) is 1. The van der Waals surface area contributed by atoms with Crippen molar-refractivity contribution >= 4 is 34.0 Å². The van der Waals surface area contributed by atoms with Crippen molar-refractivity contribution in [3.05, 3.63) is 132 Å². The number of phenolic OH excluding ortho intramolecular Hbond substituents is 4. The predicted molar refractivity (Wildman–Crippen MR) is 226 cm³/mol. The Hall–Kier alpha value is -6.99. The van der Waals surface area contributed by atoms with Gasteiger partial charge in [-0.15, -0.1) is 0 Å². The average Bonchev–Trinajstić information content (AvgIpc) is 3.87. The monoisotopic (exact) mass is 781 g/mol. The predicted octanol–water partition coefficient (Wildman–Crippen LogP) is 9.66. The van der Waals surface area contributed by atoms with E-state index < -0.39 is 0 Å². The molecule has 0 aliphatic heterocycles. The summed E-state index contributed by atoms with van der Waals surface area (Å²) in [5.74, 6) is 0.264. The molecule has 0 saturated carbocycles. The molecule has 0 aliphatic rings. The number of benzene rings is 4. The van der Waals surface area contributed by atoms with Crippen LogP contribution in [-0.4, -0.2) is 49.1 Å². The molecule has 0 atom stereocenters. The number of ether oxygens (including phenoxy) is 1. The highest BCUT2D eigenvalue weighted by Gasteiger charge is 2.22. The van der Waals surface area contributed by atoms with E-state index in [-0.39, 0.29) is 46.7 Å². The minimum absolute atomic E-state index is 0.00184. The van der Waals surface area contributed by atoms with E-state index in [0.717, 1.165) is 50.0 Å². The second-order valence-electron chi connectivity index (χ2n) is 14.3. The third-order valence-corrected chi connectivity index (χ3v) is 10.1. The van der Waals surface area contributed by atoms with Gasteiger partial charge in [0.15, 0.2) is 10.7 Å². The molecule has 0 amide bonds. The van der Waals surface area contributed by atoms with Gasteiger partial charge in [-0.05, 0) is 90.3 Å². The third kappa shape index (κ3) is 7.28. The number of hydrogen-bond acceptors (Lipinski definition) is 9. The molecule has 57 heavy (non-hydrogen) atoms. The molecule has 0 spiro atoms. The summed E-state index contributed by atoms with van der Waals surface area (Å²) in [4.78, 5) is 11.8. The van der Waals surface area contributed by atoms with E-state index in [0.29, 0.717) is 21.6 Å². The van der Waals surface area contributed by atoms with Crippen molar-refractivity contribution < 1.29 is 25.2 Å². The molecule has 0 unspecified atom stereocenters. The summed E-state index contributed by atoms with van der Waals surface area (Å²) in [6, 6.07) is 24.3. The van der Waals surface area contributed by atoms with Gasteiger partial charge in [-0.3, -0.25) is 14.1 Å². The van der Waals surface area contributed by atoms with Crippen molar-refractivity contribution in [2.75, 3.05) is 0 Å². The molecule has 0 fully saturated rings. The number of hydrogen-bond donors (Lipinski definition) is 6. The minimum atomic E-state index is -0.0584. The van der Waals surface area contributed by atoms with Crippen LogP contribution in [0, 0.1) is 4.77 Å². The highest BCUT2D eigenvalue weighted by molar-refractivity contribution is 7.71. The van der Waals surface area contributed by atoms with Crippen LogP contribution in [0.25, 0.3) is 55.7 Å². The van der Waals surface area contributed by atoms with E-state index in [2.05, 4.69) is 21.5 Å². The first-order valence-electron chi connectivity index (χ1n) is 18.3. The lowest BCUT2D eigenvalue weighted by atomic mass is 9.97. The Balaban J connectivity index is 0.000000175. The number of aromatic nitrogens is 6. The molecule has 4 heterocycles. The molecule has 4 aromatic carbocycles. The average molecular weight is 782 g/mol. The second-order valence-corrected chi connectivity index (χ2v) is 14.7. The number of aromatic amines is 1. The van der Waals surface area contributed by atoms with E-state index in [4.69, 9.17) is 22.7 Å². The summed E-state index contributed by atoms with van der Waals surface area (Å²) in [6.45, 7) is 11.5. The number of nitrogens with one attached hydrogen (secondary N) is 1. The van der Waals surface area contributed by atoms with Crippen molar-refractivity contribution in [2.24, 2.45) is 12.8 Å². The standard InChI is InChI=1S/C23H24N4O3.C21H19N3O2S/c1-13(2)17-10-18(22(29)11-21(17)28)20-12-25-23(30-14(3)24)27(20)16-5-6-19-15(9-16)7-8-26(19)4;1-12(2)14-9-15(20(26)10-19(14)25)18-11-23-21(27)24(18)17-7-8-22-16-6-4-3-5-13(16)17/h5-13,28-29H,3,24H2,1-2,4H3;3-12,25-26H,1-2H3,(H,23,27).